The summed E-state index contributed by atoms with van der Waals surface area (Å²) in [5.41, 5.74) is 4.06. The smallest absolute Gasteiger partial charge is 0.142 e. The number of hydrogen-bond donors (Lipinski definition) is 1. The van der Waals surface area contributed by atoms with Crippen molar-refractivity contribution in [2.75, 3.05) is 19.0 Å². The normalized spacial score (nSPS) is 26.7. The van der Waals surface area contributed by atoms with E-state index in [0.29, 0.717) is 0 Å². The van der Waals surface area contributed by atoms with Gasteiger partial charge in [-0.25, -0.2) is 0 Å². The molecule has 2 aliphatic rings. The monoisotopic (exact) mass is 231 g/mol. The van der Waals surface area contributed by atoms with Crippen LogP contribution in [0.4, 0.5) is 5.69 Å². The molecule has 0 saturated heterocycles. The van der Waals surface area contributed by atoms with Gasteiger partial charge in [-0.05, 0) is 48.8 Å². The lowest BCUT2D eigenvalue weighted by molar-refractivity contribution is 0.310. The van der Waals surface area contributed by atoms with Crippen molar-refractivity contribution in [1.82, 2.24) is 0 Å². The van der Waals surface area contributed by atoms with E-state index < -0.39 is 0 Å². The Morgan fingerprint density at radius 3 is 2.88 bits per heavy atom. The van der Waals surface area contributed by atoms with Gasteiger partial charge in [-0.3, -0.25) is 0 Å². The molecule has 1 heterocycles. The summed E-state index contributed by atoms with van der Waals surface area (Å²) in [5.74, 6) is 2.61. The Hall–Kier alpha value is -1.18. The molecular formula is C15H21NO. The van der Waals surface area contributed by atoms with Crippen LogP contribution in [-0.4, -0.2) is 13.7 Å². The molecule has 1 N–H and O–H groups in total. The number of methoxy groups -OCH3 is 1. The van der Waals surface area contributed by atoms with E-state index in [0.717, 1.165) is 24.1 Å². The minimum Gasteiger partial charge on any atom is -0.495 e. The van der Waals surface area contributed by atoms with Crippen LogP contribution in [0, 0.1) is 12.8 Å². The Morgan fingerprint density at radius 1 is 1.24 bits per heavy atom. The molecule has 0 bridgehead atoms. The van der Waals surface area contributed by atoms with Gasteiger partial charge in [-0.2, -0.15) is 0 Å². The maximum atomic E-state index is 5.51. The Morgan fingerprint density at radius 2 is 2.06 bits per heavy atom. The van der Waals surface area contributed by atoms with Gasteiger partial charge in [0.05, 0.1) is 12.8 Å². The van der Waals surface area contributed by atoms with Gasteiger partial charge in [0.2, 0.25) is 0 Å². The minimum atomic E-state index is 0.758. The second-order valence-corrected chi connectivity index (χ2v) is 5.46. The van der Waals surface area contributed by atoms with E-state index in [1.165, 1.54) is 42.5 Å². The highest BCUT2D eigenvalue weighted by Crippen LogP contribution is 2.47. The van der Waals surface area contributed by atoms with Crippen molar-refractivity contribution in [3.63, 3.8) is 0 Å². The summed E-state index contributed by atoms with van der Waals surface area (Å²) in [6.45, 7) is 3.28. The topological polar surface area (TPSA) is 21.3 Å². The van der Waals surface area contributed by atoms with Gasteiger partial charge in [0.1, 0.15) is 5.75 Å². The van der Waals surface area contributed by atoms with Gasteiger partial charge in [0, 0.05) is 6.54 Å². The highest BCUT2D eigenvalue weighted by Gasteiger charge is 2.32. The van der Waals surface area contributed by atoms with Crippen LogP contribution in [0.25, 0.3) is 0 Å². The summed E-state index contributed by atoms with van der Waals surface area (Å²) >= 11 is 0. The van der Waals surface area contributed by atoms with E-state index in [1.807, 2.05) is 0 Å². The molecule has 1 saturated carbocycles. The molecule has 1 aliphatic carbocycles. The van der Waals surface area contributed by atoms with Gasteiger partial charge in [-0.1, -0.05) is 18.9 Å². The molecular weight excluding hydrogens is 210 g/mol. The van der Waals surface area contributed by atoms with E-state index >= 15 is 0 Å². The quantitative estimate of drug-likeness (QED) is 0.795. The molecule has 2 heteroatoms. The molecule has 1 fully saturated rings. The molecule has 2 nitrogen and oxygen atoms in total. The third kappa shape index (κ3) is 1.80. The van der Waals surface area contributed by atoms with Crippen molar-refractivity contribution in [1.29, 1.82) is 0 Å². The summed E-state index contributed by atoms with van der Waals surface area (Å²) in [7, 11) is 1.77. The van der Waals surface area contributed by atoms with Crippen LogP contribution < -0.4 is 10.1 Å². The van der Waals surface area contributed by atoms with E-state index in [9.17, 15) is 0 Å². The van der Waals surface area contributed by atoms with Crippen molar-refractivity contribution in [3.8, 4) is 5.75 Å². The van der Waals surface area contributed by atoms with Crippen molar-refractivity contribution in [2.45, 2.75) is 38.5 Å². The van der Waals surface area contributed by atoms with Crippen LogP contribution in [-0.2, 0) is 0 Å². The molecule has 2 unspecified atom stereocenters. The average molecular weight is 231 g/mol. The second kappa shape index (κ2) is 4.25. The van der Waals surface area contributed by atoms with Crippen LogP contribution >= 0.6 is 0 Å². The lowest BCUT2D eigenvalue weighted by atomic mass is 9.72. The van der Waals surface area contributed by atoms with E-state index in [2.05, 4.69) is 24.4 Å². The average Bonchev–Trinajstić information content (AvgIpc) is 2.37. The van der Waals surface area contributed by atoms with Crippen molar-refractivity contribution < 1.29 is 4.74 Å². The van der Waals surface area contributed by atoms with Gasteiger partial charge >= 0.3 is 0 Å². The lowest BCUT2D eigenvalue weighted by Gasteiger charge is -2.38. The molecule has 17 heavy (non-hydrogen) atoms. The number of benzene rings is 1. The molecule has 0 radical (unpaired) electrons. The summed E-state index contributed by atoms with van der Waals surface area (Å²) in [4.78, 5) is 0. The van der Waals surface area contributed by atoms with Crippen molar-refractivity contribution in [3.05, 3.63) is 23.3 Å². The van der Waals surface area contributed by atoms with Crippen LogP contribution in [0.15, 0.2) is 12.1 Å². The van der Waals surface area contributed by atoms with Crippen molar-refractivity contribution >= 4 is 5.69 Å². The van der Waals surface area contributed by atoms with Crippen LogP contribution in [0.3, 0.4) is 0 Å². The zero-order valence-corrected chi connectivity index (χ0v) is 10.8. The molecule has 1 aromatic rings. The molecule has 3 rings (SSSR count). The van der Waals surface area contributed by atoms with Gasteiger partial charge in [0.15, 0.2) is 0 Å². The number of aryl methyl sites for hydroxylation is 1. The fourth-order valence-electron chi connectivity index (χ4n) is 3.52. The molecule has 1 aromatic carbocycles. The molecule has 1 aliphatic heterocycles. The van der Waals surface area contributed by atoms with Crippen LogP contribution in [0.2, 0.25) is 0 Å². The highest BCUT2D eigenvalue weighted by atomic mass is 16.5. The predicted molar refractivity (Wildman–Crippen MR) is 70.9 cm³/mol. The number of rotatable bonds is 1. The molecule has 0 amide bonds. The molecule has 0 aromatic heterocycles. The fourth-order valence-corrected chi connectivity index (χ4v) is 3.52. The van der Waals surface area contributed by atoms with E-state index in [-0.39, 0.29) is 0 Å². The zero-order valence-electron chi connectivity index (χ0n) is 10.8. The number of ether oxygens (including phenoxy) is 1. The summed E-state index contributed by atoms with van der Waals surface area (Å²) in [5, 5.41) is 3.58. The Labute approximate surface area is 103 Å². The first-order valence-electron chi connectivity index (χ1n) is 6.72. The first kappa shape index (κ1) is 10.9. The standard InChI is InChI=1S/C15H21NO/c1-10-7-13-12-6-4-3-5-11(12)9-16-15(13)14(8-10)17-2/h7-8,11-12,16H,3-6,9H2,1-2H3. The van der Waals surface area contributed by atoms with Gasteiger partial charge in [0.25, 0.3) is 0 Å². The minimum absolute atomic E-state index is 0.758. The van der Waals surface area contributed by atoms with E-state index in [4.69, 9.17) is 4.74 Å². The molecule has 92 valence electrons. The summed E-state index contributed by atoms with van der Waals surface area (Å²) < 4.78 is 5.51. The zero-order chi connectivity index (χ0) is 11.8. The first-order chi connectivity index (χ1) is 8.29. The lowest BCUT2D eigenvalue weighted by Crippen LogP contribution is -2.30. The maximum absolute atomic E-state index is 5.51. The largest absolute Gasteiger partial charge is 0.495 e. The maximum Gasteiger partial charge on any atom is 0.142 e. The van der Waals surface area contributed by atoms with Crippen LogP contribution in [0.5, 0.6) is 5.75 Å². The Balaban J connectivity index is 2.06. The third-order valence-electron chi connectivity index (χ3n) is 4.35. The van der Waals surface area contributed by atoms with Gasteiger partial charge < -0.3 is 10.1 Å². The highest BCUT2D eigenvalue weighted by molar-refractivity contribution is 5.66. The van der Waals surface area contributed by atoms with Crippen molar-refractivity contribution in [2.24, 2.45) is 5.92 Å². The van der Waals surface area contributed by atoms with Crippen LogP contribution in [0.1, 0.15) is 42.7 Å². The SMILES string of the molecule is COc1cc(C)cc2c1NCC1CCCCC21. The molecule has 0 spiro atoms. The van der Waals surface area contributed by atoms with E-state index in [1.54, 1.807) is 7.11 Å². The Bertz CT molecular complexity index is 427. The van der Waals surface area contributed by atoms with Gasteiger partial charge in [-0.15, -0.1) is 0 Å². The summed E-state index contributed by atoms with van der Waals surface area (Å²) in [6, 6.07) is 4.49. The second-order valence-electron chi connectivity index (χ2n) is 5.46. The third-order valence-corrected chi connectivity index (χ3v) is 4.35. The molecule has 2 atom stereocenters. The Kier molecular flexibility index (Phi) is 2.73. The number of nitrogens with one attached hydrogen (secondary N) is 1. The fraction of sp³-hybridized carbons (Fsp3) is 0.600. The number of hydrogen-bond acceptors (Lipinski definition) is 2. The summed E-state index contributed by atoms with van der Waals surface area (Å²) in [6.07, 6.45) is 5.53. The predicted octanol–water partition coefficient (Wildman–Crippen LogP) is 3.70. The number of anilines is 1. The number of fused-ring (bicyclic) bond motifs is 3. The first-order valence-corrected chi connectivity index (χ1v) is 6.72.